The van der Waals surface area contributed by atoms with Gasteiger partial charge in [-0.05, 0) is 67.3 Å². The highest BCUT2D eigenvalue weighted by Crippen LogP contribution is 2.43. The van der Waals surface area contributed by atoms with Gasteiger partial charge in [-0.1, -0.05) is 60.7 Å². The summed E-state index contributed by atoms with van der Waals surface area (Å²) in [6.07, 6.45) is 5.74. The van der Waals surface area contributed by atoms with Crippen molar-refractivity contribution < 1.29 is 14.7 Å². The lowest BCUT2D eigenvalue weighted by molar-refractivity contribution is -0.135. The van der Waals surface area contributed by atoms with Gasteiger partial charge in [0.25, 0.3) is 5.91 Å². The molecule has 1 heterocycles. The van der Waals surface area contributed by atoms with E-state index in [0.29, 0.717) is 23.4 Å². The molecule has 0 spiro atoms. The molecule has 3 aromatic carbocycles. The van der Waals surface area contributed by atoms with Crippen LogP contribution in [0.2, 0.25) is 0 Å². The molecule has 0 saturated carbocycles. The van der Waals surface area contributed by atoms with Gasteiger partial charge >= 0.3 is 0 Å². The van der Waals surface area contributed by atoms with Crippen LogP contribution in [0.3, 0.4) is 0 Å². The Bertz CT molecular complexity index is 1190. The van der Waals surface area contributed by atoms with Gasteiger partial charge in [-0.25, -0.2) is 0 Å². The van der Waals surface area contributed by atoms with E-state index in [9.17, 15) is 14.7 Å². The van der Waals surface area contributed by atoms with Crippen LogP contribution in [0, 0.1) is 0 Å². The predicted octanol–water partition coefficient (Wildman–Crippen LogP) is 5.01. The van der Waals surface area contributed by atoms with Crippen molar-refractivity contribution in [2.75, 3.05) is 11.4 Å². The number of aryl methyl sites for hydroxylation is 3. The molecular weight excluding hydrogens is 410 g/mol. The third-order valence-corrected chi connectivity index (χ3v) is 7.02. The Morgan fingerprint density at radius 3 is 2.45 bits per heavy atom. The number of aliphatic hydroxyl groups is 1. The summed E-state index contributed by atoms with van der Waals surface area (Å²) in [5, 5.41) is 11.6. The molecule has 1 aliphatic heterocycles. The van der Waals surface area contributed by atoms with Crippen LogP contribution in [-0.2, 0) is 29.7 Å². The highest BCUT2D eigenvalue weighted by atomic mass is 16.3. The third kappa shape index (κ3) is 4.11. The summed E-state index contributed by atoms with van der Waals surface area (Å²) in [5.41, 5.74) is 3.74. The van der Waals surface area contributed by atoms with Crippen LogP contribution in [0.25, 0.3) is 0 Å². The molecule has 1 atom stereocenters. The Hall–Kier alpha value is -3.24. The first-order valence-corrected chi connectivity index (χ1v) is 11.9. The number of fused-ring (bicyclic) bond motifs is 2. The molecule has 0 saturated heterocycles. The normalized spacial score (nSPS) is 19.3. The smallest absolute Gasteiger partial charge is 0.264 e. The quantitative estimate of drug-likeness (QED) is 0.527. The van der Waals surface area contributed by atoms with Crippen LogP contribution in [0.5, 0.6) is 0 Å². The Kier molecular flexibility index (Phi) is 5.86. The fraction of sp³-hybridized carbons (Fsp3) is 0.310. The molecule has 1 amide bonds. The van der Waals surface area contributed by atoms with E-state index in [2.05, 4.69) is 12.1 Å². The van der Waals surface area contributed by atoms with Crippen LogP contribution in [0.4, 0.5) is 5.69 Å². The van der Waals surface area contributed by atoms with Crippen molar-refractivity contribution in [1.29, 1.82) is 0 Å². The van der Waals surface area contributed by atoms with Crippen molar-refractivity contribution in [1.82, 2.24) is 0 Å². The van der Waals surface area contributed by atoms with Gasteiger partial charge in [-0.2, -0.15) is 0 Å². The van der Waals surface area contributed by atoms with Crippen molar-refractivity contribution in [3.8, 4) is 0 Å². The minimum absolute atomic E-state index is 0.194. The second-order valence-electron chi connectivity index (χ2n) is 9.21. The van der Waals surface area contributed by atoms with Gasteiger partial charge in [0.05, 0.1) is 12.1 Å². The fourth-order valence-electron chi connectivity index (χ4n) is 5.23. The Morgan fingerprint density at radius 1 is 0.909 bits per heavy atom. The first-order chi connectivity index (χ1) is 16.1. The average Bonchev–Trinajstić information content (AvgIpc) is 3.06. The number of anilines is 1. The van der Waals surface area contributed by atoms with Gasteiger partial charge in [0.15, 0.2) is 11.4 Å². The van der Waals surface area contributed by atoms with E-state index in [1.807, 2.05) is 54.6 Å². The number of Topliss-reactive ketones (excluding diaryl/α,β-unsaturated/α-hetero) is 1. The fourth-order valence-corrected chi connectivity index (χ4v) is 5.23. The number of benzene rings is 3. The van der Waals surface area contributed by atoms with Crippen LogP contribution in [-0.4, -0.2) is 23.3 Å². The molecule has 0 aromatic heterocycles. The number of rotatable bonds is 7. The molecule has 0 bridgehead atoms. The second-order valence-corrected chi connectivity index (χ2v) is 9.21. The van der Waals surface area contributed by atoms with E-state index in [1.54, 1.807) is 11.0 Å². The topological polar surface area (TPSA) is 57.6 Å². The predicted molar refractivity (Wildman–Crippen MR) is 129 cm³/mol. The molecular formula is C29H29NO3. The maximum Gasteiger partial charge on any atom is 0.264 e. The van der Waals surface area contributed by atoms with Crippen LogP contribution < -0.4 is 4.90 Å². The zero-order valence-electron chi connectivity index (χ0n) is 18.8. The number of ketones is 1. The third-order valence-electron chi connectivity index (χ3n) is 7.02. The van der Waals surface area contributed by atoms with Gasteiger partial charge in [0.1, 0.15) is 0 Å². The van der Waals surface area contributed by atoms with Gasteiger partial charge < -0.3 is 10.0 Å². The Morgan fingerprint density at radius 2 is 1.64 bits per heavy atom. The monoisotopic (exact) mass is 439 g/mol. The molecule has 33 heavy (non-hydrogen) atoms. The van der Waals surface area contributed by atoms with E-state index in [-0.39, 0.29) is 12.2 Å². The van der Waals surface area contributed by atoms with Gasteiger partial charge in [0.2, 0.25) is 0 Å². The highest BCUT2D eigenvalue weighted by molar-refractivity contribution is 6.10. The van der Waals surface area contributed by atoms with Crippen LogP contribution >= 0.6 is 0 Å². The molecule has 0 radical (unpaired) electrons. The standard InChI is InChI=1S/C29H29NO3/c31-27(24-17-16-22-12-4-5-13-23(22)19-24)20-29(33)25-14-6-7-15-26(25)30(28(29)32)18-8-11-21-9-2-1-3-10-21/h1-3,6-7,9-10,14-17,19,33H,4-5,8,11-13,18,20H2/t29-/m1/s1. The zero-order chi connectivity index (χ0) is 22.8. The average molecular weight is 440 g/mol. The Labute approximate surface area is 194 Å². The lowest BCUT2D eigenvalue weighted by Crippen LogP contribution is -2.42. The number of para-hydroxylation sites is 1. The van der Waals surface area contributed by atoms with Crippen molar-refractivity contribution in [2.24, 2.45) is 0 Å². The summed E-state index contributed by atoms with van der Waals surface area (Å²) in [6, 6.07) is 23.3. The number of nitrogens with zero attached hydrogens (tertiary/aromatic N) is 1. The Balaban J connectivity index is 1.35. The lowest BCUT2D eigenvalue weighted by Gasteiger charge is -2.23. The number of amides is 1. The van der Waals surface area contributed by atoms with Crippen LogP contribution in [0.15, 0.2) is 72.8 Å². The summed E-state index contributed by atoms with van der Waals surface area (Å²) >= 11 is 0. The molecule has 3 aromatic rings. The minimum atomic E-state index is -1.82. The first-order valence-electron chi connectivity index (χ1n) is 11.9. The first kappa shape index (κ1) is 21.6. The maximum atomic E-state index is 13.4. The SMILES string of the molecule is O=C(C[C@]1(O)C(=O)N(CCCc2ccccc2)c2ccccc21)c1ccc2c(c1)CCCC2. The summed E-state index contributed by atoms with van der Waals surface area (Å²) in [6.45, 7) is 0.500. The molecule has 1 aliphatic carbocycles. The summed E-state index contributed by atoms with van der Waals surface area (Å²) < 4.78 is 0. The molecule has 0 unspecified atom stereocenters. The molecule has 2 aliphatic rings. The lowest BCUT2D eigenvalue weighted by atomic mass is 9.85. The van der Waals surface area contributed by atoms with Gasteiger partial charge in [-0.3, -0.25) is 9.59 Å². The zero-order valence-corrected chi connectivity index (χ0v) is 18.8. The van der Waals surface area contributed by atoms with E-state index >= 15 is 0 Å². The molecule has 4 nitrogen and oxygen atoms in total. The van der Waals surface area contributed by atoms with E-state index < -0.39 is 11.5 Å². The summed E-state index contributed by atoms with van der Waals surface area (Å²) in [4.78, 5) is 28.3. The van der Waals surface area contributed by atoms with Crippen LogP contribution in [0.1, 0.15) is 58.3 Å². The number of hydrogen-bond acceptors (Lipinski definition) is 3. The number of hydrogen-bond donors (Lipinski definition) is 1. The second kappa shape index (κ2) is 8.95. The highest BCUT2D eigenvalue weighted by Gasteiger charge is 2.50. The number of carbonyl (C=O) groups excluding carboxylic acids is 2. The molecule has 0 fully saturated rings. The molecule has 5 rings (SSSR count). The summed E-state index contributed by atoms with van der Waals surface area (Å²) in [5.74, 6) is -0.594. The molecule has 1 N–H and O–H groups in total. The van der Waals surface area contributed by atoms with E-state index in [1.165, 1.54) is 23.1 Å². The summed E-state index contributed by atoms with van der Waals surface area (Å²) in [7, 11) is 0. The van der Waals surface area contributed by atoms with E-state index in [4.69, 9.17) is 0 Å². The van der Waals surface area contributed by atoms with Crippen molar-refractivity contribution in [3.63, 3.8) is 0 Å². The van der Waals surface area contributed by atoms with Crippen molar-refractivity contribution >= 4 is 17.4 Å². The largest absolute Gasteiger partial charge is 0.375 e. The van der Waals surface area contributed by atoms with Gasteiger partial charge in [0, 0.05) is 17.7 Å². The van der Waals surface area contributed by atoms with Crippen molar-refractivity contribution in [3.05, 3.63) is 101 Å². The molecule has 4 heteroatoms. The molecule has 168 valence electrons. The van der Waals surface area contributed by atoms with Crippen molar-refractivity contribution in [2.45, 2.75) is 50.5 Å². The van der Waals surface area contributed by atoms with E-state index in [0.717, 1.165) is 32.1 Å². The minimum Gasteiger partial charge on any atom is -0.375 e. The number of carbonyl (C=O) groups is 2. The van der Waals surface area contributed by atoms with Gasteiger partial charge in [-0.15, -0.1) is 0 Å². The maximum absolute atomic E-state index is 13.4.